The molecule has 1 rings (SSSR count). The van der Waals surface area contributed by atoms with Gasteiger partial charge in [0.15, 0.2) is 6.29 Å². The van der Waals surface area contributed by atoms with Crippen LogP contribution >= 0.6 is 0 Å². The number of carbonyl (C=O) groups excluding carboxylic acids is 1. The molecule has 0 radical (unpaired) electrons. The quantitative estimate of drug-likeness (QED) is 0.622. The molecule has 0 aliphatic rings. The summed E-state index contributed by atoms with van der Waals surface area (Å²) in [5.74, 6) is -0.105. The summed E-state index contributed by atoms with van der Waals surface area (Å²) in [7, 11) is 0. The molecule has 0 fully saturated rings. The Balaban J connectivity index is 3.49. The van der Waals surface area contributed by atoms with E-state index in [0.717, 1.165) is 0 Å². The molecule has 0 unspecified atom stereocenters. The van der Waals surface area contributed by atoms with Gasteiger partial charge in [-0.15, -0.1) is 0 Å². The van der Waals surface area contributed by atoms with E-state index in [0.29, 0.717) is 17.4 Å². The standard InChI is InChI=1S/C9H10O3/c1-5-3-7(4-10)9(12)6(2)8(5)11/h3-4,11-12H,1-2H3. The molecular weight excluding hydrogens is 156 g/mol. The van der Waals surface area contributed by atoms with Gasteiger partial charge in [-0.25, -0.2) is 0 Å². The van der Waals surface area contributed by atoms with Gasteiger partial charge in [-0.05, 0) is 25.5 Å². The van der Waals surface area contributed by atoms with Gasteiger partial charge in [0.25, 0.3) is 0 Å². The van der Waals surface area contributed by atoms with Crippen LogP contribution in [0.2, 0.25) is 0 Å². The third-order valence-electron chi connectivity index (χ3n) is 1.86. The number of benzene rings is 1. The van der Waals surface area contributed by atoms with Crippen LogP contribution < -0.4 is 0 Å². The van der Waals surface area contributed by atoms with Crippen molar-refractivity contribution in [2.45, 2.75) is 13.8 Å². The molecule has 3 nitrogen and oxygen atoms in total. The van der Waals surface area contributed by atoms with Crippen LogP contribution in [-0.4, -0.2) is 16.5 Å². The second-order valence-corrected chi connectivity index (χ2v) is 2.72. The molecule has 64 valence electrons. The first-order chi connectivity index (χ1) is 5.57. The summed E-state index contributed by atoms with van der Waals surface area (Å²) in [6.45, 7) is 3.24. The van der Waals surface area contributed by atoms with Gasteiger partial charge in [-0.3, -0.25) is 4.79 Å². The highest BCUT2D eigenvalue weighted by atomic mass is 16.3. The van der Waals surface area contributed by atoms with E-state index in [1.165, 1.54) is 6.07 Å². The number of aldehydes is 1. The lowest BCUT2D eigenvalue weighted by atomic mass is 10.1. The Morgan fingerprint density at radius 2 is 1.83 bits per heavy atom. The molecule has 0 saturated carbocycles. The van der Waals surface area contributed by atoms with E-state index < -0.39 is 0 Å². The number of hydrogen-bond acceptors (Lipinski definition) is 3. The van der Waals surface area contributed by atoms with Crippen LogP contribution in [0, 0.1) is 13.8 Å². The van der Waals surface area contributed by atoms with Crippen LogP contribution in [0.15, 0.2) is 6.07 Å². The van der Waals surface area contributed by atoms with Gasteiger partial charge in [0, 0.05) is 5.56 Å². The van der Waals surface area contributed by atoms with Gasteiger partial charge in [-0.1, -0.05) is 0 Å². The zero-order valence-corrected chi connectivity index (χ0v) is 6.96. The lowest BCUT2D eigenvalue weighted by Crippen LogP contribution is -1.88. The van der Waals surface area contributed by atoms with Crippen LogP contribution in [0.1, 0.15) is 21.5 Å². The lowest BCUT2D eigenvalue weighted by molar-refractivity contribution is 0.112. The molecule has 0 bridgehead atoms. The van der Waals surface area contributed by atoms with Gasteiger partial charge < -0.3 is 10.2 Å². The molecule has 1 aromatic carbocycles. The van der Waals surface area contributed by atoms with Gasteiger partial charge in [-0.2, -0.15) is 0 Å². The molecular formula is C9H10O3. The zero-order valence-electron chi connectivity index (χ0n) is 6.96. The number of aryl methyl sites for hydroxylation is 1. The van der Waals surface area contributed by atoms with E-state index in [-0.39, 0.29) is 17.1 Å². The smallest absolute Gasteiger partial charge is 0.153 e. The Kier molecular flexibility index (Phi) is 2.04. The Morgan fingerprint density at radius 3 is 2.33 bits per heavy atom. The fourth-order valence-electron chi connectivity index (χ4n) is 1.08. The SMILES string of the molecule is Cc1cc(C=O)c(O)c(C)c1O. The highest BCUT2D eigenvalue weighted by Gasteiger charge is 2.10. The van der Waals surface area contributed by atoms with E-state index in [1.807, 2.05) is 0 Å². The monoisotopic (exact) mass is 166 g/mol. The number of carbonyl (C=O) groups is 1. The average molecular weight is 166 g/mol. The van der Waals surface area contributed by atoms with Crippen LogP contribution in [0.3, 0.4) is 0 Å². The van der Waals surface area contributed by atoms with Crippen LogP contribution in [0.4, 0.5) is 0 Å². The summed E-state index contributed by atoms with van der Waals surface area (Å²) in [5.41, 5.74) is 1.15. The van der Waals surface area contributed by atoms with Crippen molar-refractivity contribution >= 4 is 6.29 Å². The van der Waals surface area contributed by atoms with Gasteiger partial charge in [0.05, 0.1) is 5.56 Å². The molecule has 2 N–H and O–H groups in total. The van der Waals surface area contributed by atoms with E-state index in [9.17, 15) is 15.0 Å². The fraction of sp³-hybridized carbons (Fsp3) is 0.222. The van der Waals surface area contributed by atoms with Gasteiger partial charge in [0.1, 0.15) is 11.5 Å². The minimum absolute atomic E-state index is 0.0399. The van der Waals surface area contributed by atoms with Crippen molar-refractivity contribution in [1.82, 2.24) is 0 Å². The Bertz CT molecular complexity index is 329. The van der Waals surface area contributed by atoms with E-state index >= 15 is 0 Å². The van der Waals surface area contributed by atoms with Crippen molar-refractivity contribution in [2.24, 2.45) is 0 Å². The molecule has 12 heavy (non-hydrogen) atoms. The third kappa shape index (κ3) is 1.13. The molecule has 0 atom stereocenters. The van der Waals surface area contributed by atoms with Crippen LogP contribution in [-0.2, 0) is 0 Å². The number of phenols is 2. The zero-order chi connectivity index (χ0) is 9.30. The van der Waals surface area contributed by atoms with Crippen molar-refractivity contribution in [3.8, 4) is 11.5 Å². The molecule has 0 aliphatic carbocycles. The van der Waals surface area contributed by atoms with Crippen LogP contribution in [0.25, 0.3) is 0 Å². The first-order valence-corrected chi connectivity index (χ1v) is 3.55. The summed E-state index contributed by atoms with van der Waals surface area (Å²) >= 11 is 0. The van der Waals surface area contributed by atoms with Gasteiger partial charge >= 0.3 is 0 Å². The molecule has 0 heterocycles. The Labute approximate surface area is 70.3 Å². The first-order valence-electron chi connectivity index (χ1n) is 3.55. The molecule has 0 saturated heterocycles. The largest absolute Gasteiger partial charge is 0.507 e. The fourth-order valence-corrected chi connectivity index (χ4v) is 1.08. The number of rotatable bonds is 1. The summed E-state index contributed by atoms with van der Waals surface area (Å²) in [6, 6.07) is 1.45. The van der Waals surface area contributed by atoms with Crippen LogP contribution in [0.5, 0.6) is 11.5 Å². The maximum Gasteiger partial charge on any atom is 0.153 e. The summed E-state index contributed by atoms with van der Waals surface area (Å²) < 4.78 is 0. The summed E-state index contributed by atoms with van der Waals surface area (Å²) in [4.78, 5) is 10.4. The molecule has 0 aromatic heterocycles. The van der Waals surface area contributed by atoms with Crippen molar-refractivity contribution in [1.29, 1.82) is 0 Å². The lowest BCUT2D eigenvalue weighted by Gasteiger charge is -2.06. The molecule has 0 aliphatic heterocycles. The topological polar surface area (TPSA) is 57.5 Å². The molecule has 0 spiro atoms. The summed E-state index contributed by atoms with van der Waals surface area (Å²) in [6.07, 6.45) is 0.564. The second kappa shape index (κ2) is 2.85. The van der Waals surface area contributed by atoms with Crippen molar-refractivity contribution in [3.63, 3.8) is 0 Å². The van der Waals surface area contributed by atoms with Crippen molar-refractivity contribution in [2.75, 3.05) is 0 Å². The number of hydrogen-bond donors (Lipinski definition) is 2. The van der Waals surface area contributed by atoms with Gasteiger partial charge in [0.2, 0.25) is 0 Å². The van der Waals surface area contributed by atoms with E-state index in [1.54, 1.807) is 13.8 Å². The predicted molar refractivity (Wildman–Crippen MR) is 44.6 cm³/mol. The second-order valence-electron chi connectivity index (χ2n) is 2.72. The predicted octanol–water partition coefficient (Wildman–Crippen LogP) is 1.53. The minimum atomic E-state index is -0.145. The molecule has 0 amide bonds. The highest BCUT2D eigenvalue weighted by molar-refractivity contribution is 5.81. The van der Waals surface area contributed by atoms with Crippen molar-refractivity contribution in [3.05, 3.63) is 22.8 Å². The van der Waals surface area contributed by atoms with E-state index in [2.05, 4.69) is 0 Å². The average Bonchev–Trinajstić information content (AvgIpc) is 2.08. The Morgan fingerprint density at radius 1 is 1.25 bits per heavy atom. The maximum absolute atomic E-state index is 10.4. The molecule has 1 aromatic rings. The molecule has 3 heteroatoms. The third-order valence-corrected chi connectivity index (χ3v) is 1.86. The first kappa shape index (κ1) is 8.59. The summed E-state index contributed by atoms with van der Waals surface area (Å²) in [5, 5.41) is 18.6. The number of aromatic hydroxyl groups is 2. The maximum atomic E-state index is 10.4. The highest BCUT2D eigenvalue weighted by Crippen LogP contribution is 2.31. The Hall–Kier alpha value is -1.51. The van der Waals surface area contributed by atoms with E-state index in [4.69, 9.17) is 0 Å². The van der Waals surface area contributed by atoms with Crippen molar-refractivity contribution < 1.29 is 15.0 Å². The normalized spacial score (nSPS) is 9.83. The minimum Gasteiger partial charge on any atom is -0.507 e. The number of phenolic OH excluding ortho intramolecular Hbond substituents is 2.